The summed E-state index contributed by atoms with van der Waals surface area (Å²) in [4.78, 5) is 44.8. The first-order chi connectivity index (χ1) is 20.8. The minimum atomic E-state index is -2.69. The summed E-state index contributed by atoms with van der Waals surface area (Å²) in [7, 11) is 0. The maximum Gasteiger partial charge on any atom is 0.252 e. The van der Waals surface area contributed by atoms with E-state index >= 15 is 0 Å². The van der Waals surface area contributed by atoms with Crippen LogP contribution in [0, 0.1) is 5.92 Å². The van der Waals surface area contributed by atoms with E-state index in [2.05, 4.69) is 20.6 Å². The van der Waals surface area contributed by atoms with E-state index in [0.717, 1.165) is 34.7 Å². The molecule has 43 heavy (non-hydrogen) atoms. The number of carbonyl (C=O) groups is 2. The van der Waals surface area contributed by atoms with E-state index < -0.39 is 5.92 Å². The molecule has 2 aromatic heterocycles. The van der Waals surface area contributed by atoms with Gasteiger partial charge in [0.15, 0.2) is 0 Å². The summed E-state index contributed by atoms with van der Waals surface area (Å²) in [6, 6.07) is 8.94. The molecule has 2 amide bonds. The van der Waals surface area contributed by atoms with Crippen LogP contribution in [0.5, 0.6) is 0 Å². The molecule has 0 radical (unpaired) electrons. The van der Waals surface area contributed by atoms with Crippen molar-refractivity contribution in [2.45, 2.75) is 44.6 Å². The van der Waals surface area contributed by atoms with Crippen molar-refractivity contribution < 1.29 is 18.4 Å². The fraction of sp³-hybridized carbons (Fsp3) is 0.516. The Kier molecular flexibility index (Phi) is 8.38. The molecule has 3 aromatic rings. The maximum absolute atomic E-state index is 14.0. The van der Waals surface area contributed by atoms with Gasteiger partial charge in [0, 0.05) is 101 Å². The topological polar surface area (TPSA) is 107 Å². The van der Waals surface area contributed by atoms with Gasteiger partial charge in [0.1, 0.15) is 5.82 Å². The Hall–Kier alpha value is -3.93. The minimum absolute atomic E-state index is 0.0540. The summed E-state index contributed by atoms with van der Waals surface area (Å²) in [5.41, 5.74) is 2.00. The van der Waals surface area contributed by atoms with Gasteiger partial charge in [0.25, 0.3) is 11.8 Å². The third kappa shape index (κ3) is 7.01. The second-order valence-electron chi connectivity index (χ2n) is 11.8. The zero-order valence-electron chi connectivity index (χ0n) is 24.4. The summed E-state index contributed by atoms with van der Waals surface area (Å²) < 4.78 is 28.0. The molecule has 3 fully saturated rings. The minimum Gasteiger partial charge on any atom is -0.370 e. The number of fused-ring (bicyclic) bond motifs is 1. The van der Waals surface area contributed by atoms with Crippen molar-refractivity contribution in [3.05, 3.63) is 53.9 Å². The second kappa shape index (κ2) is 12.4. The molecule has 2 aliphatic heterocycles. The number of piperazine rings is 1. The van der Waals surface area contributed by atoms with Crippen LogP contribution < -0.4 is 15.5 Å². The average molecular weight is 593 g/mol. The molecule has 0 bridgehead atoms. The molecule has 1 saturated carbocycles. The van der Waals surface area contributed by atoms with Crippen LogP contribution in [-0.4, -0.2) is 94.8 Å². The lowest BCUT2D eigenvalue weighted by Crippen LogP contribution is -2.48. The smallest absolute Gasteiger partial charge is 0.252 e. The number of pyridine rings is 1. The number of nitrogens with zero attached hydrogens (tertiary/aromatic N) is 6. The molecule has 4 heterocycles. The normalized spacial score (nSPS) is 19.7. The van der Waals surface area contributed by atoms with Crippen LogP contribution >= 0.6 is 0 Å². The van der Waals surface area contributed by atoms with Crippen molar-refractivity contribution in [2.75, 3.05) is 62.6 Å². The Labute approximate surface area is 249 Å². The van der Waals surface area contributed by atoms with Gasteiger partial charge < -0.3 is 20.4 Å². The molecule has 3 aliphatic rings. The van der Waals surface area contributed by atoms with Crippen molar-refractivity contribution in [3.63, 3.8) is 0 Å². The highest BCUT2D eigenvalue weighted by Gasteiger charge is 2.37. The van der Waals surface area contributed by atoms with Crippen LogP contribution in [0.4, 0.5) is 20.5 Å². The first kappa shape index (κ1) is 29.2. The summed E-state index contributed by atoms with van der Waals surface area (Å²) in [6.45, 7) is 5.60. The van der Waals surface area contributed by atoms with E-state index in [-0.39, 0.29) is 50.3 Å². The second-order valence-corrected chi connectivity index (χ2v) is 11.8. The molecule has 10 nitrogen and oxygen atoms in total. The van der Waals surface area contributed by atoms with Gasteiger partial charge in [-0.2, -0.15) is 0 Å². The zero-order chi connectivity index (χ0) is 30.0. The number of hydrogen-bond donors (Lipinski definition) is 2. The SMILES string of the molecule is CC(=O)N1CCN(c2ncc(C(CNC(=O)c3cccc4nc(NCC5CC5)ccc34)N3CCC(F)(F)CC3)cn2)CC1. The van der Waals surface area contributed by atoms with Crippen LogP contribution in [0.3, 0.4) is 0 Å². The Morgan fingerprint density at radius 2 is 1.72 bits per heavy atom. The van der Waals surface area contributed by atoms with E-state index in [4.69, 9.17) is 4.98 Å². The Bertz CT molecular complexity index is 1450. The summed E-state index contributed by atoms with van der Waals surface area (Å²) in [5.74, 6) is -0.803. The van der Waals surface area contributed by atoms with Gasteiger partial charge in [-0.05, 0) is 43.0 Å². The number of likely N-dealkylation sites (tertiary alicyclic amines) is 1. The maximum atomic E-state index is 14.0. The molecule has 6 rings (SSSR count). The third-order valence-electron chi connectivity index (χ3n) is 8.72. The van der Waals surface area contributed by atoms with E-state index in [1.807, 2.05) is 34.1 Å². The molecule has 228 valence electrons. The fourth-order valence-corrected chi connectivity index (χ4v) is 5.82. The molecule has 1 aliphatic carbocycles. The van der Waals surface area contributed by atoms with Gasteiger partial charge in [0.05, 0.1) is 11.6 Å². The van der Waals surface area contributed by atoms with Crippen LogP contribution in [0.2, 0.25) is 0 Å². The number of halogens is 2. The highest BCUT2D eigenvalue weighted by atomic mass is 19.3. The molecular weight excluding hydrogens is 554 g/mol. The molecule has 1 unspecified atom stereocenters. The van der Waals surface area contributed by atoms with Crippen LogP contribution in [-0.2, 0) is 4.79 Å². The monoisotopic (exact) mass is 592 g/mol. The summed E-state index contributed by atoms with van der Waals surface area (Å²) in [6.07, 6.45) is 5.48. The van der Waals surface area contributed by atoms with Crippen molar-refractivity contribution in [1.82, 2.24) is 30.1 Å². The van der Waals surface area contributed by atoms with Crippen molar-refractivity contribution in [2.24, 2.45) is 5.92 Å². The molecule has 2 N–H and O–H groups in total. The van der Waals surface area contributed by atoms with Gasteiger partial charge in [-0.1, -0.05) is 6.07 Å². The number of anilines is 2. The van der Waals surface area contributed by atoms with E-state index in [0.29, 0.717) is 37.7 Å². The number of carbonyl (C=O) groups excluding carboxylic acids is 2. The van der Waals surface area contributed by atoms with Gasteiger partial charge in [-0.15, -0.1) is 0 Å². The van der Waals surface area contributed by atoms with E-state index in [9.17, 15) is 18.4 Å². The first-order valence-electron chi connectivity index (χ1n) is 15.1. The van der Waals surface area contributed by atoms with Crippen molar-refractivity contribution >= 4 is 34.5 Å². The number of amides is 2. The number of rotatable bonds is 9. The number of aromatic nitrogens is 3. The quantitative estimate of drug-likeness (QED) is 0.388. The van der Waals surface area contributed by atoms with Gasteiger partial charge >= 0.3 is 0 Å². The highest BCUT2D eigenvalue weighted by Crippen LogP contribution is 2.33. The standard InChI is InChI=1S/C31H38F2N8O2/c1-21(42)39-13-15-41(16-14-39)30-36-18-23(19-37-30)27(40-11-9-31(32,33)10-12-40)20-35-29(43)25-3-2-4-26-24(25)7-8-28(38-26)34-17-22-5-6-22/h2-4,7-8,18-19,22,27H,5-6,9-17,20H2,1H3,(H,34,38)(H,35,43). The van der Waals surface area contributed by atoms with Gasteiger partial charge in [-0.3, -0.25) is 14.5 Å². The molecule has 2 saturated heterocycles. The highest BCUT2D eigenvalue weighted by molar-refractivity contribution is 6.06. The molecule has 0 spiro atoms. The first-order valence-corrected chi connectivity index (χ1v) is 15.1. The predicted octanol–water partition coefficient (Wildman–Crippen LogP) is 3.72. The molecule has 12 heteroatoms. The lowest BCUT2D eigenvalue weighted by molar-refractivity contribution is -0.129. The number of hydrogen-bond acceptors (Lipinski definition) is 8. The Balaban J connectivity index is 1.16. The zero-order valence-corrected chi connectivity index (χ0v) is 24.4. The summed E-state index contributed by atoms with van der Waals surface area (Å²) in [5, 5.41) is 7.18. The van der Waals surface area contributed by atoms with Crippen molar-refractivity contribution in [1.29, 1.82) is 0 Å². The van der Waals surface area contributed by atoms with E-state index in [1.165, 1.54) is 12.8 Å². The van der Waals surface area contributed by atoms with E-state index in [1.54, 1.807) is 30.3 Å². The Morgan fingerprint density at radius 1 is 1.00 bits per heavy atom. The Morgan fingerprint density at radius 3 is 2.40 bits per heavy atom. The van der Waals surface area contributed by atoms with Crippen LogP contribution in [0.1, 0.15) is 54.6 Å². The molecular formula is C31H38F2N8O2. The predicted molar refractivity (Wildman–Crippen MR) is 160 cm³/mol. The number of piperidine rings is 1. The number of benzene rings is 1. The van der Waals surface area contributed by atoms with Gasteiger partial charge in [-0.25, -0.2) is 23.7 Å². The lowest BCUT2D eigenvalue weighted by Gasteiger charge is -2.38. The third-order valence-corrected chi connectivity index (χ3v) is 8.72. The molecule has 1 aromatic carbocycles. The molecule has 1 atom stereocenters. The largest absolute Gasteiger partial charge is 0.370 e. The lowest BCUT2D eigenvalue weighted by atomic mass is 10.0. The summed E-state index contributed by atoms with van der Waals surface area (Å²) >= 11 is 0. The van der Waals surface area contributed by atoms with Crippen LogP contribution in [0.25, 0.3) is 10.9 Å². The number of nitrogens with one attached hydrogen (secondary N) is 2. The van der Waals surface area contributed by atoms with Gasteiger partial charge in [0.2, 0.25) is 11.9 Å². The van der Waals surface area contributed by atoms with Crippen LogP contribution in [0.15, 0.2) is 42.7 Å². The van der Waals surface area contributed by atoms with Crippen molar-refractivity contribution in [3.8, 4) is 0 Å². The average Bonchev–Trinajstić information content (AvgIpc) is 3.85. The number of alkyl halides is 2. The fourth-order valence-electron chi connectivity index (χ4n) is 5.82.